The van der Waals surface area contributed by atoms with Crippen molar-refractivity contribution < 1.29 is 4.79 Å². The number of piperidine rings is 1. The van der Waals surface area contributed by atoms with Gasteiger partial charge in [-0.25, -0.2) is 0 Å². The van der Waals surface area contributed by atoms with Gasteiger partial charge in [-0.3, -0.25) is 9.69 Å². The standard InChI is InChI=1S/C13H18N2O/c1-14-5-4-11(8-14)13(16)9-15-7-10-2-3-12(15)6-10/h4-5,8,10,12H,2-3,6-7,9H2,1H3. The Morgan fingerprint density at radius 1 is 1.50 bits per heavy atom. The van der Waals surface area contributed by atoms with Crippen LogP contribution in [0.4, 0.5) is 0 Å². The van der Waals surface area contributed by atoms with E-state index in [1.165, 1.54) is 19.3 Å². The molecule has 2 aliphatic rings. The van der Waals surface area contributed by atoms with Crippen LogP contribution < -0.4 is 0 Å². The molecule has 16 heavy (non-hydrogen) atoms. The molecule has 2 unspecified atom stereocenters. The van der Waals surface area contributed by atoms with Crippen LogP contribution in [-0.2, 0) is 7.05 Å². The van der Waals surface area contributed by atoms with Crippen molar-refractivity contribution in [2.45, 2.75) is 25.3 Å². The van der Waals surface area contributed by atoms with Gasteiger partial charge in [0.25, 0.3) is 0 Å². The van der Waals surface area contributed by atoms with E-state index in [-0.39, 0.29) is 5.78 Å². The van der Waals surface area contributed by atoms with Gasteiger partial charge in [-0.15, -0.1) is 0 Å². The third kappa shape index (κ3) is 1.69. The molecule has 0 aromatic carbocycles. The van der Waals surface area contributed by atoms with Crippen LogP contribution in [0.3, 0.4) is 0 Å². The van der Waals surface area contributed by atoms with E-state index in [2.05, 4.69) is 4.90 Å². The van der Waals surface area contributed by atoms with Crippen LogP contribution in [0.15, 0.2) is 18.5 Å². The summed E-state index contributed by atoms with van der Waals surface area (Å²) in [5, 5.41) is 0. The minimum absolute atomic E-state index is 0.271. The summed E-state index contributed by atoms with van der Waals surface area (Å²) < 4.78 is 1.93. The molecule has 1 aromatic heterocycles. The number of hydrogen-bond acceptors (Lipinski definition) is 2. The first kappa shape index (κ1) is 10.1. The fraction of sp³-hybridized carbons (Fsp3) is 0.615. The third-order valence-corrected chi connectivity index (χ3v) is 4.02. The first-order valence-electron chi connectivity index (χ1n) is 6.11. The van der Waals surface area contributed by atoms with Gasteiger partial charge >= 0.3 is 0 Å². The van der Waals surface area contributed by atoms with Crippen molar-refractivity contribution in [2.24, 2.45) is 13.0 Å². The summed E-state index contributed by atoms with van der Waals surface area (Å²) in [6, 6.07) is 2.61. The average molecular weight is 218 g/mol. The summed E-state index contributed by atoms with van der Waals surface area (Å²) >= 11 is 0. The van der Waals surface area contributed by atoms with E-state index in [1.807, 2.05) is 30.1 Å². The van der Waals surface area contributed by atoms with Crippen molar-refractivity contribution in [3.63, 3.8) is 0 Å². The number of nitrogens with zero attached hydrogens (tertiary/aromatic N) is 2. The predicted molar refractivity (Wildman–Crippen MR) is 62.4 cm³/mol. The van der Waals surface area contributed by atoms with Gasteiger partial charge < -0.3 is 4.57 Å². The molecule has 2 fully saturated rings. The molecule has 0 spiro atoms. The highest BCUT2D eigenvalue weighted by atomic mass is 16.1. The molecule has 3 nitrogen and oxygen atoms in total. The third-order valence-electron chi connectivity index (χ3n) is 4.02. The largest absolute Gasteiger partial charge is 0.357 e. The van der Waals surface area contributed by atoms with Crippen molar-refractivity contribution in [2.75, 3.05) is 13.1 Å². The number of carbonyl (C=O) groups excluding carboxylic acids is 1. The zero-order chi connectivity index (χ0) is 11.1. The van der Waals surface area contributed by atoms with Crippen molar-refractivity contribution in [1.29, 1.82) is 0 Å². The molecule has 0 N–H and O–H groups in total. The van der Waals surface area contributed by atoms with E-state index in [0.29, 0.717) is 12.6 Å². The van der Waals surface area contributed by atoms with Gasteiger partial charge in [0.15, 0.2) is 5.78 Å². The fourth-order valence-corrected chi connectivity index (χ4v) is 3.16. The SMILES string of the molecule is Cn1ccc(C(=O)CN2CC3CCC2C3)c1. The number of rotatable bonds is 3. The molecule has 86 valence electrons. The maximum atomic E-state index is 12.0. The number of likely N-dealkylation sites (tertiary alicyclic amines) is 1. The molecule has 2 bridgehead atoms. The van der Waals surface area contributed by atoms with Crippen molar-refractivity contribution in [1.82, 2.24) is 9.47 Å². The summed E-state index contributed by atoms with van der Waals surface area (Å²) in [7, 11) is 1.95. The topological polar surface area (TPSA) is 25.2 Å². The minimum atomic E-state index is 0.271. The Balaban J connectivity index is 1.65. The van der Waals surface area contributed by atoms with Gasteiger partial charge in [-0.2, -0.15) is 0 Å². The summed E-state index contributed by atoms with van der Waals surface area (Å²) in [6.45, 7) is 1.76. The van der Waals surface area contributed by atoms with Crippen LogP contribution in [0, 0.1) is 5.92 Å². The van der Waals surface area contributed by atoms with Crippen LogP contribution >= 0.6 is 0 Å². The van der Waals surface area contributed by atoms with Gasteiger partial charge in [0, 0.05) is 37.6 Å². The monoisotopic (exact) mass is 218 g/mol. The zero-order valence-electron chi connectivity index (χ0n) is 9.72. The maximum absolute atomic E-state index is 12.0. The minimum Gasteiger partial charge on any atom is -0.357 e. The lowest BCUT2D eigenvalue weighted by Crippen LogP contribution is -2.36. The number of Topliss-reactive ketones (excluding diaryl/α,β-unsaturated/α-hetero) is 1. The Labute approximate surface area is 96.0 Å². The summed E-state index contributed by atoms with van der Waals surface area (Å²) in [5.41, 5.74) is 0.852. The molecule has 3 heteroatoms. The van der Waals surface area contributed by atoms with E-state index in [0.717, 1.165) is 18.0 Å². The second-order valence-corrected chi connectivity index (χ2v) is 5.25. The van der Waals surface area contributed by atoms with Gasteiger partial charge in [0.05, 0.1) is 6.54 Å². The van der Waals surface area contributed by atoms with Crippen molar-refractivity contribution in [3.05, 3.63) is 24.0 Å². The number of hydrogen-bond donors (Lipinski definition) is 0. The Bertz CT molecular complexity index is 410. The highest BCUT2D eigenvalue weighted by molar-refractivity contribution is 5.97. The van der Waals surface area contributed by atoms with Crippen molar-refractivity contribution in [3.8, 4) is 0 Å². The van der Waals surface area contributed by atoms with Crippen LogP contribution in [0.1, 0.15) is 29.6 Å². The van der Waals surface area contributed by atoms with Crippen LogP contribution in [0.25, 0.3) is 0 Å². The van der Waals surface area contributed by atoms with Gasteiger partial charge in [0.1, 0.15) is 0 Å². The quantitative estimate of drug-likeness (QED) is 0.721. The van der Waals surface area contributed by atoms with Gasteiger partial charge in [0.2, 0.25) is 0 Å². The molecule has 1 saturated carbocycles. The Morgan fingerprint density at radius 3 is 2.94 bits per heavy atom. The molecule has 1 aromatic rings. The van der Waals surface area contributed by atoms with Crippen LogP contribution in [-0.4, -0.2) is 34.4 Å². The lowest BCUT2D eigenvalue weighted by Gasteiger charge is -2.25. The van der Waals surface area contributed by atoms with Crippen molar-refractivity contribution >= 4 is 5.78 Å². The molecule has 2 heterocycles. The Hall–Kier alpha value is -1.09. The molecular weight excluding hydrogens is 200 g/mol. The highest BCUT2D eigenvalue weighted by Crippen LogP contribution is 2.37. The molecule has 0 radical (unpaired) electrons. The molecular formula is C13H18N2O. The van der Waals surface area contributed by atoms with E-state index in [9.17, 15) is 4.79 Å². The Morgan fingerprint density at radius 2 is 2.38 bits per heavy atom. The number of fused-ring (bicyclic) bond motifs is 2. The molecule has 2 atom stereocenters. The van der Waals surface area contributed by atoms with E-state index in [4.69, 9.17) is 0 Å². The first-order chi connectivity index (χ1) is 7.72. The Kier molecular flexibility index (Phi) is 2.36. The highest BCUT2D eigenvalue weighted by Gasteiger charge is 2.38. The maximum Gasteiger partial charge on any atom is 0.178 e. The number of aryl methyl sites for hydroxylation is 1. The molecule has 3 rings (SSSR count). The lowest BCUT2D eigenvalue weighted by molar-refractivity contribution is 0.0905. The first-order valence-corrected chi connectivity index (χ1v) is 6.11. The molecule has 1 saturated heterocycles. The van der Waals surface area contributed by atoms with E-state index in [1.54, 1.807) is 0 Å². The number of carbonyl (C=O) groups is 1. The normalized spacial score (nSPS) is 28.8. The molecule has 1 aliphatic carbocycles. The lowest BCUT2D eigenvalue weighted by atomic mass is 10.1. The van der Waals surface area contributed by atoms with Crippen LogP contribution in [0.5, 0.6) is 0 Å². The zero-order valence-corrected chi connectivity index (χ0v) is 9.72. The fourth-order valence-electron chi connectivity index (χ4n) is 3.16. The van der Waals surface area contributed by atoms with Gasteiger partial charge in [-0.05, 0) is 31.2 Å². The van der Waals surface area contributed by atoms with Crippen LogP contribution in [0.2, 0.25) is 0 Å². The smallest absolute Gasteiger partial charge is 0.178 e. The number of aromatic nitrogens is 1. The summed E-state index contributed by atoms with van der Waals surface area (Å²) in [4.78, 5) is 14.4. The summed E-state index contributed by atoms with van der Waals surface area (Å²) in [5.74, 6) is 1.14. The van der Waals surface area contributed by atoms with E-state index < -0.39 is 0 Å². The number of ketones is 1. The average Bonchev–Trinajstić information content (AvgIpc) is 2.92. The molecule has 1 aliphatic heterocycles. The second-order valence-electron chi connectivity index (χ2n) is 5.25. The second kappa shape index (κ2) is 3.74. The molecule has 0 amide bonds. The van der Waals surface area contributed by atoms with E-state index >= 15 is 0 Å². The predicted octanol–water partition coefficient (Wildman–Crippen LogP) is 1.69. The van der Waals surface area contributed by atoms with Gasteiger partial charge in [-0.1, -0.05) is 0 Å². The summed E-state index contributed by atoms with van der Waals surface area (Å²) in [6.07, 6.45) is 7.84.